The number of aromatic nitrogens is 2. The minimum Gasteiger partial charge on any atom is -0.487 e. The first-order valence-corrected chi connectivity index (χ1v) is 12.2. The van der Waals surface area contributed by atoms with Gasteiger partial charge in [0.25, 0.3) is 0 Å². The van der Waals surface area contributed by atoms with E-state index in [1.54, 1.807) is 0 Å². The number of rotatable bonds is 6. The van der Waals surface area contributed by atoms with Crippen LogP contribution in [-0.4, -0.2) is 50.9 Å². The molecular formula is C25H33N5O2. The Labute approximate surface area is 189 Å². The number of hydrogen-bond donors (Lipinski definition) is 1. The molecule has 2 atom stereocenters. The quantitative estimate of drug-likeness (QED) is 0.748. The van der Waals surface area contributed by atoms with Gasteiger partial charge in [0, 0.05) is 49.0 Å². The van der Waals surface area contributed by atoms with Crippen LogP contribution in [-0.2, 0) is 4.79 Å². The maximum atomic E-state index is 11.9. The Morgan fingerprint density at radius 3 is 2.59 bits per heavy atom. The lowest BCUT2D eigenvalue weighted by molar-refractivity contribution is -0.119. The highest BCUT2D eigenvalue weighted by Crippen LogP contribution is 2.44. The largest absolute Gasteiger partial charge is 0.487 e. The van der Waals surface area contributed by atoms with Crippen molar-refractivity contribution in [1.29, 1.82) is 0 Å². The van der Waals surface area contributed by atoms with Crippen LogP contribution in [0.4, 0.5) is 0 Å². The zero-order chi connectivity index (χ0) is 22.0. The molecule has 6 rings (SSSR count). The molecule has 2 aliphatic heterocycles. The molecular weight excluding hydrogens is 402 g/mol. The second-order valence-electron chi connectivity index (χ2n) is 11.0. The van der Waals surface area contributed by atoms with Gasteiger partial charge >= 0.3 is 0 Å². The molecule has 2 aliphatic carbocycles. The number of fused-ring (bicyclic) bond motifs is 1. The van der Waals surface area contributed by atoms with Gasteiger partial charge in [-0.25, -0.2) is 4.98 Å². The van der Waals surface area contributed by atoms with Crippen molar-refractivity contribution in [1.82, 2.24) is 19.9 Å². The van der Waals surface area contributed by atoms with Gasteiger partial charge in [-0.05, 0) is 64.5 Å². The molecule has 32 heavy (non-hydrogen) atoms. The van der Waals surface area contributed by atoms with Crippen LogP contribution in [0.2, 0.25) is 0 Å². The predicted octanol–water partition coefficient (Wildman–Crippen LogP) is 3.87. The average Bonchev–Trinajstić information content (AvgIpc) is 3.63. The highest BCUT2D eigenvalue weighted by Gasteiger charge is 2.42. The topological polar surface area (TPSA) is 71.8 Å². The van der Waals surface area contributed by atoms with Gasteiger partial charge in [0.1, 0.15) is 17.4 Å². The fourth-order valence-corrected chi connectivity index (χ4v) is 5.17. The molecule has 3 fully saturated rings. The molecule has 0 bridgehead atoms. The number of hydrogen-bond acceptors (Lipinski definition) is 5. The van der Waals surface area contributed by atoms with E-state index >= 15 is 0 Å². The van der Waals surface area contributed by atoms with E-state index < -0.39 is 0 Å². The number of carbonyl (C=O) groups excluding carboxylic acids is 1. The van der Waals surface area contributed by atoms with Crippen LogP contribution in [0, 0.1) is 11.8 Å². The Morgan fingerprint density at radius 2 is 1.97 bits per heavy atom. The van der Waals surface area contributed by atoms with E-state index in [-0.39, 0.29) is 23.5 Å². The second kappa shape index (κ2) is 7.22. The fourth-order valence-electron chi connectivity index (χ4n) is 5.17. The standard InChI is InChI=1S/C25H33N5O2/c1-25(2,3)30-9-8-19(28-30)16-10-20-23(29(14-27-20)18-6-7-18)21(11-16)32-24(15-4-5-15)17-12-22(31)26-13-17/h10-11,14-15,17-18,24H,4-9,12-13H2,1-3H3,(H,26,31)/t17-,24?/m1/s1. The summed E-state index contributed by atoms with van der Waals surface area (Å²) in [4.78, 5) is 16.7. The Kier molecular flexibility index (Phi) is 4.53. The van der Waals surface area contributed by atoms with Gasteiger partial charge in [-0.2, -0.15) is 5.10 Å². The van der Waals surface area contributed by atoms with Crippen molar-refractivity contribution in [3.05, 3.63) is 24.0 Å². The Balaban J connectivity index is 1.40. The van der Waals surface area contributed by atoms with Gasteiger partial charge in [0.05, 0.1) is 17.6 Å². The smallest absolute Gasteiger partial charge is 0.220 e. The molecule has 4 aliphatic rings. The fraction of sp³-hybridized carbons (Fsp3) is 0.640. The van der Waals surface area contributed by atoms with Crippen LogP contribution >= 0.6 is 0 Å². The van der Waals surface area contributed by atoms with E-state index in [9.17, 15) is 4.79 Å². The van der Waals surface area contributed by atoms with Gasteiger partial charge in [-0.3, -0.25) is 9.80 Å². The van der Waals surface area contributed by atoms with Crippen LogP contribution in [0.1, 0.15) is 70.9 Å². The monoisotopic (exact) mass is 435 g/mol. The summed E-state index contributed by atoms with van der Waals surface area (Å²) in [5.41, 5.74) is 4.31. The van der Waals surface area contributed by atoms with Crippen molar-refractivity contribution in [3.8, 4) is 5.75 Å². The highest BCUT2D eigenvalue weighted by molar-refractivity contribution is 6.04. The molecule has 1 aromatic heterocycles. The van der Waals surface area contributed by atoms with E-state index in [4.69, 9.17) is 14.8 Å². The first-order chi connectivity index (χ1) is 15.4. The maximum Gasteiger partial charge on any atom is 0.220 e. The van der Waals surface area contributed by atoms with E-state index in [2.05, 4.69) is 47.8 Å². The van der Waals surface area contributed by atoms with Crippen molar-refractivity contribution in [2.45, 2.75) is 77.0 Å². The molecule has 2 aromatic rings. The first kappa shape index (κ1) is 20.1. The Hall–Kier alpha value is -2.57. The molecule has 0 radical (unpaired) electrons. The third-order valence-electron chi connectivity index (χ3n) is 7.31. The minimum atomic E-state index is 0.0117. The van der Waals surface area contributed by atoms with Crippen LogP contribution in [0.3, 0.4) is 0 Å². The molecule has 1 unspecified atom stereocenters. The van der Waals surface area contributed by atoms with Crippen LogP contribution in [0.5, 0.6) is 5.75 Å². The molecule has 7 heteroatoms. The third-order valence-corrected chi connectivity index (χ3v) is 7.31. The summed E-state index contributed by atoms with van der Waals surface area (Å²) < 4.78 is 9.13. The number of amides is 1. The van der Waals surface area contributed by atoms with Crippen LogP contribution < -0.4 is 10.1 Å². The Morgan fingerprint density at radius 1 is 1.16 bits per heavy atom. The van der Waals surface area contributed by atoms with Gasteiger partial charge in [0.15, 0.2) is 0 Å². The van der Waals surface area contributed by atoms with E-state index in [1.807, 2.05) is 6.33 Å². The number of benzene rings is 1. The molecule has 2 saturated carbocycles. The lowest BCUT2D eigenvalue weighted by Gasteiger charge is -2.29. The van der Waals surface area contributed by atoms with Crippen molar-refractivity contribution >= 4 is 22.7 Å². The normalized spacial score (nSPS) is 24.7. The summed E-state index contributed by atoms with van der Waals surface area (Å²) in [6, 6.07) is 4.90. The minimum absolute atomic E-state index is 0.0117. The molecule has 170 valence electrons. The lowest BCUT2D eigenvalue weighted by atomic mass is 9.97. The van der Waals surface area contributed by atoms with E-state index in [1.165, 1.54) is 25.7 Å². The van der Waals surface area contributed by atoms with E-state index in [0.29, 0.717) is 18.4 Å². The molecule has 3 heterocycles. The summed E-state index contributed by atoms with van der Waals surface area (Å²) in [5.74, 6) is 1.85. The van der Waals surface area contributed by atoms with Crippen molar-refractivity contribution in [2.75, 3.05) is 13.1 Å². The summed E-state index contributed by atoms with van der Waals surface area (Å²) >= 11 is 0. The zero-order valence-corrected chi connectivity index (χ0v) is 19.3. The average molecular weight is 436 g/mol. The molecule has 1 amide bonds. The number of nitrogens with one attached hydrogen (secondary N) is 1. The number of nitrogens with zero attached hydrogens (tertiary/aromatic N) is 4. The van der Waals surface area contributed by atoms with Crippen LogP contribution in [0.25, 0.3) is 11.0 Å². The van der Waals surface area contributed by atoms with Crippen molar-refractivity contribution < 1.29 is 9.53 Å². The number of imidazole rings is 1. The summed E-state index contributed by atoms with van der Waals surface area (Å²) in [6.07, 6.45) is 8.33. The molecule has 1 saturated heterocycles. The van der Waals surface area contributed by atoms with Gasteiger partial charge in [-0.15, -0.1) is 0 Å². The SMILES string of the molecule is CC(C)(C)N1CCC(c2cc(OC(C3CC3)[C@H]3CNC(=O)C3)c3c(c2)ncn3C2CC2)=N1. The first-order valence-electron chi connectivity index (χ1n) is 12.2. The summed E-state index contributed by atoms with van der Waals surface area (Å²) in [6.45, 7) is 8.25. The maximum absolute atomic E-state index is 11.9. The highest BCUT2D eigenvalue weighted by atomic mass is 16.5. The van der Waals surface area contributed by atoms with Gasteiger partial charge < -0.3 is 14.6 Å². The number of hydrazone groups is 1. The summed E-state index contributed by atoms with van der Waals surface area (Å²) in [5, 5.41) is 10.1. The van der Waals surface area contributed by atoms with E-state index in [0.717, 1.165) is 47.6 Å². The second-order valence-corrected chi connectivity index (χ2v) is 11.0. The predicted molar refractivity (Wildman–Crippen MR) is 124 cm³/mol. The van der Waals surface area contributed by atoms with Crippen molar-refractivity contribution in [3.63, 3.8) is 0 Å². The van der Waals surface area contributed by atoms with Gasteiger partial charge in [-0.1, -0.05) is 0 Å². The van der Waals surface area contributed by atoms with Crippen LogP contribution in [0.15, 0.2) is 23.6 Å². The number of carbonyl (C=O) groups is 1. The molecule has 7 nitrogen and oxygen atoms in total. The molecule has 1 aromatic carbocycles. The van der Waals surface area contributed by atoms with Crippen molar-refractivity contribution in [2.24, 2.45) is 16.9 Å². The zero-order valence-electron chi connectivity index (χ0n) is 19.3. The molecule has 1 N–H and O–H groups in total. The van der Waals surface area contributed by atoms with Gasteiger partial charge in [0.2, 0.25) is 5.91 Å². The summed E-state index contributed by atoms with van der Waals surface area (Å²) in [7, 11) is 0. The number of ether oxygens (including phenoxy) is 1. The molecule has 0 spiro atoms. The Bertz CT molecular complexity index is 1090. The third kappa shape index (κ3) is 3.65. The lowest BCUT2D eigenvalue weighted by Crippen LogP contribution is -2.35.